The van der Waals surface area contributed by atoms with Gasteiger partial charge < -0.3 is 4.74 Å². The minimum Gasteiger partial charge on any atom is -0.486 e. The number of hydrogen-bond donors (Lipinski definition) is 0. The molecule has 88 valence electrons. The van der Waals surface area contributed by atoms with E-state index in [0.717, 1.165) is 0 Å². The summed E-state index contributed by atoms with van der Waals surface area (Å²) in [7, 11) is 0. The molecule has 1 aromatic heterocycles. The molecule has 0 N–H and O–H groups in total. The Hall–Kier alpha value is -1.32. The molecule has 0 atom stereocenters. The molecule has 2 rings (SSSR count). The summed E-state index contributed by atoms with van der Waals surface area (Å²) in [5.74, 6) is -0.00833. The summed E-state index contributed by atoms with van der Waals surface area (Å²) < 4.78 is 18.8. The Labute approximate surface area is 108 Å². The molecule has 2 aromatic rings. The fourth-order valence-corrected chi connectivity index (χ4v) is 1.69. The van der Waals surface area contributed by atoms with E-state index >= 15 is 0 Å². The van der Waals surface area contributed by atoms with Gasteiger partial charge in [0.25, 0.3) is 0 Å². The van der Waals surface area contributed by atoms with Crippen molar-refractivity contribution in [2.75, 3.05) is 0 Å². The summed E-state index contributed by atoms with van der Waals surface area (Å²) in [6, 6.07) is 7.82. The maximum atomic E-state index is 13.4. The third kappa shape index (κ3) is 2.87. The van der Waals surface area contributed by atoms with Gasteiger partial charge in [-0.3, -0.25) is 0 Å². The third-order valence-electron chi connectivity index (χ3n) is 2.16. The monoisotopic (exact) mass is 271 g/mol. The molecule has 1 heterocycles. The lowest BCUT2D eigenvalue weighted by atomic mass is 10.2. The van der Waals surface area contributed by atoms with Gasteiger partial charge in [0, 0.05) is 11.8 Å². The van der Waals surface area contributed by atoms with Crippen LogP contribution < -0.4 is 4.74 Å². The molecule has 1 aromatic carbocycles. The number of nitrogens with zero attached hydrogens (tertiary/aromatic N) is 1. The van der Waals surface area contributed by atoms with Crippen LogP contribution in [0.25, 0.3) is 0 Å². The first-order valence-corrected chi connectivity index (χ1v) is 5.60. The first-order chi connectivity index (χ1) is 8.18. The number of aromatic nitrogens is 1. The maximum Gasteiger partial charge on any atom is 0.171 e. The fraction of sp³-hybridized carbons (Fsp3) is 0.0833. The third-order valence-corrected chi connectivity index (χ3v) is 2.80. The van der Waals surface area contributed by atoms with Crippen molar-refractivity contribution in [2.24, 2.45) is 0 Å². The van der Waals surface area contributed by atoms with Crippen molar-refractivity contribution in [1.82, 2.24) is 4.98 Å². The van der Waals surface area contributed by atoms with Crippen LogP contribution in [0.15, 0.2) is 36.5 Å². The van der Waals surface area contributed by atoms with E-state index in [4.69, 9.17) is 27.9 Å². The molecular weight excluding hydrogens is 264 g/mol. The summed E-state index contributed by atoms with van der Waals surface area (Å²) in [6.45, 7) is 0.0108. The summed E-state index contributed by atoms with van der Waals surface area (Å²) in [4.78, 5) is 3.85. The zero-order chi connectivity index (χ0) is 12.3. The zero-order valence-corrected chi connectivity index (χ0v) is 10.2. The first kappa shape index (κ1) is 12.1. The summed E-state index contributed by atoms with van der Waals surface area (Å²) in [5, 5.41) is 0.560. The topological polar surface area (TPSA) is 22.1 Å². The fourth-order valence-electron chi connectivity index (χ4n) is 1.30. The van der Waals surface area contributed by atoms with Crippen LogP contribution in [-0.4, -0.2) is 4.98 Å². The van der Waals surface area contributed by atoms with Crippen LogP contribution in [0, 0.1) is 5.82 Å². The molecule has 0 radical (unpaired) electrons. The first-order valence-electron chi connectivity index (χ1n) is 4.84. The van der Waals surface area contributed by atoms with Crippen molar-refractivity contribution in [2.45, 2.75) is 6.61 Å². The molecule has 0 aliphatic rings. The average Bonchev–Trinajstić information content (AvgIpc) is 2.30. The van der Waals surface area contributed by atoms with Crippen LogP contribution in [0.4, 0.5) is 4.39 Å². The Morgan fingerprint density at radius 3 is 2.71 bits per heavy atom. The maximum absolute atomic E-state index is 13.4. The van der Waals surface area contributed by atoms with E-state index in [0.29, 0.717) is 16.3 Å². The molecule has 0 saturated carbocycles. The summed E-state index contributed by atoms with van der Waals surface area (Å²) in [5.41, 5.74) is 0.300. The Kier molecular flexibility index (Phi) is 3.82. The van der Waals surface area contributed by atoms with Gasteiger partial charge in [-0.05, 0) is 24.3 Å². The van der Waals surface area contributed by atoms with E-state index in [1.807, 2.05) is 0 Å². The van der Waals surface area contributed by atoms with Gasteiger partial charge in [-0.2, -0.15) is 0 Å². The number of benzene rings is 1. The second-order valence-corrected chi connectivity index (χ2v) is 4.05. The Bertz CT molecular complexity index is 513. The van der Waals surface area contributed by atoms with Gasteiger partial charge in [0.05, 0.1) is 5.02 Å². The molecule has 0 aliphatic heterocycles. The van der Waals surface area contributed by atoms with E-state index in [2.05, 4.69) is 4.98 Å². The van der Waals surface area contributed by atoms with Crippen LogP contribution in [0.2, 0.25) is 10.2 Å². The van der Waals surface area contributed by atoms with Gasteiger partial charge in [-0.15, -0.1) is 0 Å². The van der Waals surface area contributed by atoms with Crippen molar-refractivity contribution >= 4 is 23.2 Å². The van der Waals surface area contributed by atoms with Crippen molar-refractivity contribution in [3.8, 4) is 5.75 Å². The molecule has 0 bridgehead atoms. The van der Waals surface area contributed by atoms with Gasteiger partial charge in [0.15, 0.2) is 10.9 Å². The molecule has 0 spiro atoms. The highest BCUT2D eigenvalue weighted by atomic mass is 35.5. The normalized spacial score (nSPS) is 10.3. The lowest BCUT2D eigenvalue weighted by Gasteiger charge is -2.09. The summed E-state index contributed by atoms with van der Waals surface area (Å²) >= 11 is 11.7. The highest BCUT2D eigenvalue weighted by Crippen LogP contribution is 2.24. The second-order valence-electron chi connectivity index (χ2n) is 3.28. The molecule has 17 heavy (non-hydrogen) atoms. The SMILES string of the molecule is Fc1cccc(Cl)c1COc1cccnc1Cl. The summed E-state index contributed by atoms with van der Waals surface area (Å²) in [6.07, 6.45) is 1.55. The van der Waals surface area contributed by atoms with Crippen LogP contribution in [-0.2, 0) is 6.61 Å². The number of ether oxygens (including phenoxy) is 1. The van der Waals surface area contributed by atoms with Gasteiger partial charge in [0.1, 0.15) is 12.4 Å². The lowest BCUT2D eigenvalue weighted by Crippen LogP contribution is -2.00. The van der Waals surface area contributed by atoms with Crippen LogP contribution in [0.5, 0.6) is 5.75 Å². The van der Waals surface area contributed by atoms with E-state index in [9.17, 15) is 4.39 Å². The lowest BCUT2D eigenvalue weighted by molar-refractivity contribution is 0.299. The van der Waals surface area contributed by atoms with E-state index in [1.54, 1.807) is 24.4 Å². The van der Waals surface area contributed by atoms with E-state index in [1.165, 1.54) is 12.1 Å². The highest BCUT2D eigenvalue weighted by Gasteiger charge is 2.09. The largest absolute Gasteiger partial charge is 0.486 e. The zero-order valence-electron chi connectivity index (χ0n) is 8.66. The number of rotatable bonds is 3. The van der Waals surface area contributed by atoms with Crippen LogP contribution in [0.3, 0.4) is 0 Å². The Balaban J connectivity index is 2.16. The van der Waals surface area contributed by atoms with Gasteiger partial charge >= 0.3 is 0 Å². The van der Waals surface area contributed by atoms with Crippen molar-refractivity contribution in [3.63, 3.8) is 0 Å². The minimum atomic E-state index is -0.405. The molecule has 0 saturated heterocycles. The van der Waals surface area contributed by atoms with Gasteiger partial charge in [-0.25, -0.2) is 9.37 Å². The standard InChI is InChI=1S/C12H8Cl2FNO/c13-9-3-1-4-10(15)8(9)7-17-11-5-2-6-16-12(11)14/h1-6H,7H2. The van der Waals surface area contributed by atoms with Gasteiger partial charge in [0.2, 0.25) is 0 Å². The number of pyridine rings is 1. The van der Waals surface area contributed by atoms with Crippen molar-refractivity contribution in [3.05, 3.63) is 58.1 Å². The van der Waals surface area contributed by atoms with Crippen molar-refractivity contribution in [1.29, 1.82) is 0 Å². The highest BCUT2D eigenvalue weighted by molar-refractivity contribution is 6.31. The molecule has 0 unspecified atom stereocenters. The molecule has 5 heteroatoms. The van der Waals surface area contributed by atoms with Crippen molar-refractivity contribution < 1.29 is 9.13 Å². The average molecular weight is 272 g/mol. The quantitative estimate of drug-likeness (QED) is 0.784. The Morgan fingerprint density at radius 2 is 2.00 bits per heavy atom. The predicted octanol–water partition coefficient (Wildman–Crippen LogP) is 4.11. The van der Waals surface area contributed by atoms with Crippen LogP contribution >= 0.6 is 23.2 Å². The molecule has 2 nitrogen and oxygen atoms in total. The molecular formula is C12H8Cl2FNO. The Morgan fingerprint density at radius 1 is 1.18 bits per heavy atom. The molecule has 0 aliphatic carbocycles. The van der Waals surface area contributed by atoms with E-state index in [-0.39, 0.29) is 11.8 Å². The van der Waals surface area contributed by atoms with Gasteiger partial charge in [-0.1, -0.05) is 29.3 Å². The predicted molar refractivity (Wildman–Crippen MR) is 65.0 cm³/mol. The molecule has 0 amide bonds. The van der Waals surface area contributed by atoms with Crippen LogP contribution in [0.1, 0.15) is 5.56 Å². The second kappa shape index (κ2) is 5.34. The number of hydrogen-bond acceptors (Lipinski definition) is 2. The smallest absolute Gasteiger partial charge is 0.171 e. The molecule has 0 fully saturated rings. The number of halogens is 3. The minimum absolute atomic E-state index is 0.0108. The van der Waals surface area contributed by atoms with E-state index < -0.39 is 5.82 Å².